The van der Waals surface area contributed by atoms with E-state index in [2.05, 4.69) is 4.98 Å². The van der Waals surface area contributed by atoms with Gasteiger partial charge in [-0.25, -0.2) is 4.79 Å². The minimum Gasteiger partial charge on any atom is -0.478 e. The Labute approximate surface area is 125 Å². The van der Waals surface area contributed by atoms with Crippen molar-refractivity contribution in [2.75, 3.05) is 0 Å². The first-order chi connectivity index (χ1) is 9.56. The number of carbonyl (C=O) groups is 1. The third kappa shape index (κ3) is 2.28. The maximum Gasteiger partial charge on any atom is 0.328 e. The molecular formula is C15H11Cl2NO2. The molecule has 1 aliphatic carbocycles. The molecule has 1 heterocycles. The van der Waals surface area contributed by atoms with E-state index in [1.54, 1.807) is 18.2 Å². The van der Waals surface area contributed by atoms with E-state index in [1.165, 1.54) is 0 Å². The van der Waals surface area contributed by atoms with Crippen LogP contribution in [0.4, 0.5) is 0 Å². The molecule has 0 amide bonds. The van der Waals surface area contributed by atoms with Gasteiger partial charge in [0.25, 0.3) is 0 Å². The monoisotopic (exact) mass is 307 g/mol. The Hall–Kier alpha value is -1.58. The van der Waals surface area contributed by atoms with E-state index in [1.807, 2.05) is 0 Å². The number of aromatic nitrogens is 1. The molecule has 1 aromatic carbocycles. The highest BCUT2D eigenvalue weighted by atomic mass is 35.5. The molecule has 1 N–H and O–H groups in total. The number of nitrogens with zero attached hydrogens (tertiary/aromatic N) is 1. The zero-order valence-electron chi connectivity index (χ0n) is 10.5. The number of benzene rings is 1. The number of carboxylic acid groups (broad SMARTS) is 1. The summed E-state index contributed by atoms with van der Waals surface area (Å²) in [7, 11) is 0. The van der Waals surface area contributed by atoms with Crippen molar-refractivity contribution in [3.8, 4) is 0 Å². The number of aliphatic carboxylic acids is 1. The van der Waals surface area contributed by atoms with Gasteiger partial charge in [0.05, 0.1) is 10.5 Å². The summed E-state index contributed by atoms with van der Waals surface area (Å²) >= 11 is 12.3. The predicted octanol–water partition coefficient (Wildman–Crippen LogP) is 4.13. The fraction of sp³-hybridized carbons (Fsp3) is 0.200. The summed E-state index contributed by atoms with van der Waals surface area (Å²) in [6, 6.07) is 3.44. The smallest absolute Gasteiger partial charge is 0.328 e. The van der Waals surface area contributed by atoms with E-state index in [0.717, 1.165) is 47.5 Å². The lowest BCUT2D eigenvalue weighted by Crippen LogP contribution is -1.96. The second-order valence-corrected chi connectivity index (χ2v) is 5.60. The van der Waals surface area contributed by atoms with Gasteiger partial charge in [-0.3, -0.25) is 4.98 Å². The van der Waals surface area contributed by atoms with Crippen LogP contribution < -0.4 is 0 Å². The number of fused-ring (bicyclic) bond motifs is 2. The molecule has 0 saturated heterocycles. The Morgan fingerprint density at radius 1 is 1.30 bits per heavy atom. The van der Waals surface area contributed by atoms with Crippen molar-refractivity contribution in [1.29, 1.82) is 0 Å². The van der Waals surface area contributed by atoms with Gasteiger partial charge in [-0.15, -0.1) is 0 Å². The highest BCUT2D eigenvalue weighted by Gasteiger charge is 2.19. The molecule has 3 nitrogen and oxygen atoms in total. The Morgan fingerprint density at radius 3 is 2.85 bits per heavy atom. The highest BCUT2D eigenvalue weighted by molar-refractivity contribution is 6.38. The van der Waals surface area contributed by atoms with Gasteiger partial charge in [-0.1, -0.05) is 23.2 Å². The molecule has 0 bridgehead atoms. The summed E-state index contributed by atoms with van der Waals surface area (Å²) in [5.41, 5.74) is 3.66. The molecule has 0 saturated carbocycles. The molecule has 3 rings (SSSR count). The van der Waals surface area contributed by atoms with Gasteiger partial charge in [0.1, 0.15) is 0 Å². The average molecular weight is 308 g/mol. The minimum atomic E-state index is -0.977. The number of halogens is 2. The number of hydrogen-bond donors (Lipinski definition) is 1. The number of rotatable bonds is 2. The third-order valence-corrected chi connectivity index (χ3v) is 3.98. The van der Waals surface area contributed by atoms with Crippen LogP contribution in [0.25, 0.3) is 17.0 Å². The second-order valence-electron chi connectivity index (χ2n) is 4.76. The highest BCUT2D eigenvalue weighted by Crippen LogP contribution is 2.35. The molecule has 5 heteroatoms. The van der Waals surface area contributed by atoms with Crippen LogP contribution in [0.5, 0.6) is 0 Å². The molecule has 2 aromatic rings. The van der Waals surface area contributed by atoms with Crippen LogP contribution in [0, 0.1) is 0 Å². The Balaban J connectivity index is 2.36. The molecule has 102 valence electrons. The number of carboxylic acids is 1. The standard InChI is InChI=1S/C15H11Cl2NO2/c16-8-6-11-9(4-5-14(19)20)10-2-1-3-13(10)18-15(11)12(17)7-8/h4-7H,1-3H2,(H,19,20)/b5-4+. The molecule has 0 fully saturated rings. The van der Waals surface area contributed by atoms with Gasteiger partial charge < -0.3 is 5.11 Å². The summed E-state index contributed by atoms with van der Waals surface area (Å²) in [6.07, 6.45) is 5.59. The fourth-order valence-electron chi connectivity index (χ4n) is 2.67. The molecule has 0 spiro atoms. The van der Waals surface area contributed by atoms with E-state index >= 15 is 0 Å². The van der Waals surface area contributed by atoms with Crippen LogP contribution in [0.1, 0.15) is 23.2 Å². The molecule has 1 aromatic heterocycles. The molecule has 0 radical (unpaired) electrons. The zero-order valence-corrected chi connectivity index (χ0v) is 12.0. The van der Waals surface area contributed by atoms with Gasteiger partial charge in [0, 0.05) is 22.2 Å². The Bertz CT molecular complexity index is 753. The summed E-state index contributed by atoms with van der Waals surface area (Å²) < 4.78 is 0. The van der Waals surface area contributed by atoms with Crippen LogP contribution >= 0.6 is 23.2 Å². The van der Waals surface area contributed by atoms with Crippen molar-refractivity contribution in [1.82, 2.24) is 4.98 Å². The van der Waals surface area contributed by atoms with Gasteiger partial charge in [0.15, 0.2) is 0 Å². The van der Waals surface area contributed by atoms with Crippen molar-refractivity contribution in [3.63, 3.8) is 0 Å². The van der Waals surface area contributed by atoms with Crippen molar-refractivity contribution < 1.29 is 9.90 Å². The van der Waals surface area contributed by atoms with Crippen molar-refractivity contribution >= 4 is 46.2 Å². The normalized spacial score (nSPS) is 14.1. The lowest BCUT2D eigenvalue weighted by atomic mass is 10.0. The molecule has 1 aliphatic rings. The summed E-state index contributed by atoms with van der Waals surface area (Å²) in [5.74, 6) is -0.977. The largest absolute Gasteiger partial charge is 0.478 e. The quantitative estimate of drug-likeness (QED) is 0.849. The SMILES string of the molecule is O=C(O)/C=C/c1c2c(nc3c(Cl)cc(Cl)cc13)CCC2. The summed E-state index contributed by atoms with van der Waals surface area (Å²) in [6.45, 7) is 0. The lowest BCUT2D eigenvalue weighted by Gasteiger charge is -2.10. The maximum absolute atomic E-state index is 10.8. The van der Waals surface area contributed by atoms with E-state index in [9.17, 15) is 4.79 Å². The zero-order chi connectivity index (χ0) is 14.3. The topological polar surface area (TPSA) is 50.2 Å². The first-order valence-corrected chi connectivity index (χ1v) is 7.03. The number of hydrogen-bond acceptors (Lipinski definition) is 2. The Morgan fingerprint density at radius 2 is 2.10 bits per heavy atom. The average Bonchev–Trinajstić information content (AvgIpc) is 2.83. The fourth-order valence-corrected chi connectivity index (χ4v) is 3.20. The van der Waals surface area contributed by atoms with Crippen LogP contribution in [-0.4, -0.2) is 16.1 Å². The summed E-state index contributed by atoms with van der Waals surface area (Å²) in [4.78, 5) is 15.4. The van der Waals surface area contributed by atoms with Crippen LogP contribution in [-0.2, 0) is 17.6 Å². The van der Waals surface area contributed by atoms with E-state index in [0.29, 0.717) is 15.6 Å². The first kappa shape index (κ1) is 13.4. The first-order valence-electron chi connectivity index (χ1n) is 6.28. The summed E-state index contributed by atoms with van der Waals surface area (Å²) in [5, 5.41) is 10.7. The van der Waals surface area contributed by atoms with Crippen molar-refractivity contribution in [2.24, 2.45) is 0 Å². The minimum absolute atomic E-state index is 0.493. The van der Waals surface area contributed by atoms with E-state index in [-0.39, 0.29) is 0 Å². The van der Waals surface area contributed by atoms with Crippen LogP contribution in [0.2, 0.25) is 10.0 Å². The van der Waals surface area contributed by atoms with Crippen molar-refractivity contribution in [2.45, 2.75) is 19.3 Å². The Kier molecular flexibility index (Phi) is 3.40. The second kappa shape index (κ2) is 5.08. The molecule has 0 atom stereocenters. The molecule has 0 unspecified atom stereocenters. The molecular weight excluding hydrogens is 297 g/mol. The number of aryl methyl sites for hydroxylation is 1. The van der Waals surface area contributed by atoms with Gasteiger partial charge >= 0.3 is 5.97 Å². The predicted molar refractivity (Wildman–Crippen MR) is 80.5 cm³/mol. The molecule has 20 heavy (non-hydrogen) atoms. The van der Waals surface area contributed by atoms with Crippen LogP contribution in [0.15, 0.2) is 18.2 Å². The maximum atomic E-state index is 10.8. The van der Waals surface area contributed by atoms with E-state index in [4.69, 9.17) is 28.3 Å². The van der Waals surface area contributed by atoms with Gasteiger partial charge in [-0.2, -0.15) is 0 Å². The van der Waals surface area contributed by atoms with Crippen LogP contribution in [0.3, 0.4) is 0 Å². The third-order valence-electron chi connectivity index (χ3n) is 3.47. The van der Waals surface area contributed by atoms with E-state index < -0.39 is 5.97 Å². The van der Waals surface area contributed by atoms with Gasteiger partial charge in [0.2, 0.25) is 0 Å². The molecule has 0 aliphatic heterocycles. The van der Waals surface area contributed by atoms with Gasteiger partial charge in [-0.05, 0) is 48.6 Å². The van der Waals surface area contributed by atoms with Crippen molar-refractivity contribution in [3.05, 3.63) is 45.1 Å². The number of pyridine rings is 1. The lowest BCUT2D eigenvalue weighted by molar-refractivity contribution is -0.131.